The molecule has 64 heavy (non-hydrogen) atoms. The maximum Gasteiger partial charge on any atom is 0.503 e. The molecule has 6 aromatic carbocycles. The van der Waals surface area contributed by atoms with Crippen LogP contribution in [0.15, 0.2) is 140 Å². The van der Waals surface area contributed by atoms with E-state index in [0.29, 0.717) is 11.5 Å². The van der Waals surface area contributed by atoms with Crippen LogP contribution in [0.5, 0.6) is 11.5 Å². The average molecular weight is 863 g/mol. The second-order valence-electron chi connectivity index (χ2n) is 21.5. The molecule has 3 heterocycles. The highest BCUT2D eigenvalue weighted by Crippen LogP contribution is 2.45. The summed E-state index contributed by atoms with van der Waals surface area (Å²) in [5.41, 5.74) is 11.8. The predicted molar refractivity (Wildman–Crippen MR) is 270 cm³/mol. The molecular weight excluding hydrogens is 804 g/mol. The Morgan fingerprint density at radius 3 is 1.97 bits per heavy atom. The first-order valence-corrected chi connectivity index (χ1v) is 25.9. The van der Waals surface area contributed by atoms with Crippen LogP contribution in [0.1, 0.15) is 79.0 Å². The van der Waals surface area contributed by atoms with E-state index < -0.39 is 8.07 Å². The molecule has 1 aliphatic heterocycles. The van der Waals surface area contributed by atoms with Crippen LogP contribution in [0.2, 0.25) is 19.6 Å². The Balaban J connectivity index is 1.19. The molecule has 0 saturated heterocycles. The molecule has 0 atom stereocenters. The zero-order valence-electron chi connectivity index (χ0n) is 39.4. The molecule has 1 aliphatic rings. The van der Waals surface area contributed by atoms with Crippen molar-refractivity contribution in [1.29, 1.82) is 0 Å². The number of nitrogens with zero attached hydrogens (tertiary/aromatic N) is 4. The van der Waals surface area contributed by atoms with E-state index in [2.05, 4.69) is 187 Å². The number of ether oxygens (including phenoxy) is 1. The number of hydrogen-bond donors (Lipinski definition) is 0. The third kappa shape index (κ3) is 8.04. The van der Waals surface area contributed by atoms with Crippen LogP contribution >= 0.6 is 0 Å². The lowest BCUT2D eigenvalue weighted by Crippen LogP contribution is -2.37. The van der Waals surface area contributed by atoms with Crippen LogP contribution < -0.4 is 19.1 Å². The van der Waals surface area contributed by atoms with Gasteiger partial charge in [0.2, 0.25) is 11.4 Å². The first-order chi connectivity index (χ1) is 30.1. The Bertz CT molecular complexity index is 3200. The molecule has 0 bridgehead atoms. The van der Waals surface area contributed by atoms with Crippen LogP contribution in [0, 0.1) is 5.82 Å². The molecular formula is C57H59FN4OSi+2. The molecule has 0 aliphatic carbocycles. The molecule has 5 nitrogen and oxygen atoms in total. The van der Waals surface area contributed by atoms with Gasteiger partial charge in [0.25, 0.3) is 5.69 Å². The molecule has 0 saturated carbocycles. The third-order valence-corrected chi connectivity index (χ3v) is 14.5. The highest BCUT2D eigenvalue weighted by Gasteiger charge is 2.40. The van der Waals surface area contributed by atoms with Gasteiger partial charge in [-0.3, -0.25) is 4.57 Å². The third-order valence-electron chi connectivity index (χ3n) is 12.5. The maximum absolute atomic E-state index is 14.8. The summed E-state index contributed by atoms with van der Waals surface area (Å²) in [6.45, 7) is 27.5. The monoisotopic (exact) mass is 862 g/mol. The minimum atomic E-state index is -1.60. The van der Waals surface area contributed by atoms with Crippen molar-refractivity contribution in [3.05, 3.63) is 162 Å². The normalized spacial score (nSPS) is 13.3. The molecule has 322 valence electrons. The number of aromatic nitrogens is 2. The van der Waals surface area contributed by atoms with Gasteiger partial charge in [-0.05, 0) is 102 Å². The molecule has 8 aromatic rings. The summed E-state index contributed by atoms with van der Waals surface area (Å²) < 4.78 is 28.1. The van der Waals surface area contributed by atoms with Crippen LogP contribution in [0.4, 0.5) is 27.1 Å². The summed E-state index contributed by atoms with van der Waals surface area (Å²) in [6.07, 6.45) is 1.85. The van der Waals surface area contributed by atoms with Gasteiger partial charge in [-0.15, -0.1) is 0 Å². The van der Waals surface area contributed by atoms with Crippen LogP contribution in [-0.4, -0.2) is 23.6 Å². The van der Waals surface area contributed by atoms with Crippen molar-refractivity contribution in [2.75, 3.05) is 0 Å². The quantitative estimate of drug-likeness (QED) is 0.118. The van der Waals surface area contributed by atoms with E-state index in [1.807, 2.05) is 42.6 Å². The molecule has 0 N–H and O–H groups in total. The average Bonchev–Trinajstić information content (AvgIpc) is 3.78. The number of halogens is 1. The Morgan fingerprint density at radius 1 is 0.578 bits per heavy atom. The fourth-order valence-corrected chi connectivity index (χ4v) is 9.82. The van der Waals surface area contributed by atoms with E-state index in [4.69, 9.17) is 9.72 Å². The topological polar surface area (TPSA) is 33.1 Å². The SMILES string of the molecule is CC(C)(C)c1cc([N+]2=C=[N+](c3cccc(Oc4ccc5c6cc(F)ccc6n(-c6cc(C(C)(C)C)ccn6)c5c4)c3)c3cccc(-c4cccc([Si](C)(C)C)c4)c32)cc(C(C)(C)C)c1. The van der Waals surface area contributed by atoms with Crippen LogP contribution in [0.25, 0.3) is 38.8 Å². The molecule has 2 aromatic heterocycles. The Labute approximate surface area is 378 Å². The van der Waals surface area contributed by atoms with Gasteiger partial charge in [0.15, 0.2) is 0 Å². The summed E-state index contributed by atoms with van der Waals surface area (Å²) in [5, 5.41) is 3.17. The van der Waals surface area contributed by atoms with Crippen molar-refractivity contribution in [3.8, 4) is 28.4 Å². The highest BCUT2D eigenvalue weighted by atomic mass is 28.3. The predicted octanol–water partition coefficient (Wildman–Crippen LogP) is 15.1. The number of para-hydroxylation sites is 1. The second kappa shape index (κ2) is 15.4. The van der Waals surface area contributed by atoms with Gasteiger partial charge in [-0.25, -0.2) is 9.37 Å². The molecule has 0 fully saturated rings. The van der Waals surface area contributed by atoms with Gasteiger partial charge in [-0.2, -0.15) is 0 Å². The summed E-state index contributed by atoms with van der Waals surface area (Å²) in [4.78, 5) is 4.82. The number of rotatable bonds is 7. The lowest BCUT2D eigenvalue weighted by molar-refractivity contribution is 0.483. The molecule has 7 heteroatoms. The molecule has 0 spiro atoms. The van der Waals surface area contributed by atoms with Crippen LogP contribution in [-0.2, 0) is 16.2 Å². The maximum atomic E-state index is 14.8. The second-order valence-corrected chi connectivity index (χ2v) is 26.5. The summed E-state index contributed by atoms with van der Waals surface area (Å²) in [6, 6.07) is 50.0. The van der Waals surface area contributed by atoms with Gasteiger partial charge in [0.1, 0.15) is 23.1 Å². The van der Waals surface area contributed by atoms with Crippen molar-refractivity contribution in [2.45, 2.75) is 98.2 Å². The number of fused-ring (bicyclic) bond motifs is 4. The van der Waals surface area contributed by atoms with E-state index in [1.165, 1.54) is 33.5 Å². The lowest BCUT2D eigenvalue weighted by Gasteiger charge is -2.24. The van der Waals surface area contributed by atoms with E-state index in [-0.39, 0.29) is 22.1 Å². The van der Waals surface area contributed by atoms with E-state index in [1.54, 1.807) is 6.07 Å². The van der Waals surface area contributed by atoms with Gasteiger partial charge in [0, 0.05) is 47.3 Å². The number of pyridine rings is 1. The van der Waals surface area contributed by atoms with Crippen molar-refractivity contribution < 1.29 is 9.13 Å². The zero-order valence-corrected chi connectivity index (χ0v) is 40.4. The van der Waals surface area contributed by atoms with Gasteiger partial charge >= 0.3 is 11.7 Å². The highest BCUT2D eigenvalue weighted by molar-refractivity contribution is 6.88. The number of hydrogen-bond acceptors (Lipinski definition) is 2. The van der Waals surface area contributed by atoms with Crippen molar-refractivity contribution in [1.82, 2.24) is 18.7 Å². The first-order valence-electron chi connectivity index (χ1n) is 22.4. The molecule has 0 radical (unpaired) electrons. The summed E-state index contributed by atoms with van der Waals surface area (Å²) >= 11 is 0. The van der Waals surface area contributed by atoms with Crippen molar-refractivity contribution in [3.63, 3.8) is 0 Å². The molecule has 9 rings (SSSR count). The number of benzene rings is 6. The zero-order chi connectivity index (χ0) is 45.5. The summed E-state index contributed by atoms with van der Waals surface area (Å²) in [5.74, 6) is 1.84. The fraction of sp³-hybridized carbons (Fsp3) is 0.263. The smallest absolute Gasteiger partial charge is 0.457 e. The molecule has 0 unspecified atom stereocenters. The Hall–Kier alpha value is -6.40. The van der Waals surface area contributed by atoms with Crippen molar-refractivity contribution in [2.24, 2.45) is 0 Å². The van der Waals surface area contributed by atoms with E-state index in [9.17, 15) is 4.39 Å². The Morgan fingerprint density at radius 2 is 1.27 bits per heavy atom. The largest absolute Gasteiger partial charge is 0.503 e. The van der Waals surface area contributed by atoms with Gasteiger partial charge in [0.05, 0.1) is 30.7 Å². The summed E-state index contributed by atoms with van der Waals surface area (Å²) in [7, 11) is -1.60. The minimum Gasteiger partial charge on any atom is -0.457 e. The molecule has 0 amide bonds. The lowest BCUT2D eigenvalue weighted by atomic mass is 9.80. The van der Waals surface area contributed by atoms with Crippen LogP contribution in [0.3, 0.4) is 0 Å². The van der Waals surface area contributed by atoms with Gasteiger partial charge < -0.3 is 4.74 Å². The van der Waals surface area contributed by atoms with E-state index in [0.717, 1.165) is 55.9 Å². The van der Waals surface area contributed by atoms with Gasteiger partial charge in [-0.1, -0.05) is 130 Å². The first kappa shape index (κ1) is 42.9. The Kier molecular flexibility index (Phi) is 10.3. The van der Waals surface area contributed by atoms with Crippen molar-refractivity contribution >= 4 is 63.8 Å². The standard InChI is InChI=1S/C57H59FN4OSi/c1-55(2,3)38-26-27-59-53(32-38)62-50-25-22-41(58)33-49(50)48-24-23-45(35-52(48)62)63-44-18-14-17-42(34-44)60-36-61(43-30-39(56(4,5)6)29-40(31-43)57(7,8)9)54-47(20-15-21-51(54)60)37-16-13-19-46(28-37)64(10,11)12/h13-35H,1-12H3/q+2. The fourth-order valence-electron chi connectivity index (χ4n) is 8.64. The minimum absolute atomic E-state index is 0.0599. The van der Waals surface area contributed by atoms with E-state index >= 15 is 0 Å².